The van der Waals surface area contributed by atoms with E-state index in [-0.39, 0.29) is 18.6 Å². The first kappa shape index (κ1) is 18.4. The van der Waals surface area contributed by atoms with Crippen LogP contribution in [0.3, 0.4) is 0 Å². The van der Waals surface area contributed by atoms with Crippen molar-refractivity contribution in [1.29, 1.82) is 0 Å². The summed E-state index contributed by atoms with van der Waals surface area (Å²) in [4.78, 5) is 11.4. The molecule has 1 saturated carbocycles. The molecule has 1 amide bonds. The molecule has 0 aromatic carbocycles. The molecule has 1 aliphatic rings. The maximum atomic E-state index is 11.4. The van der Waals surface area contributed by atoms with Crippen LogP contribution in [0, 0.1) is 5.92 Å². The quantitative estimate of drug-likeness (QED) is 0.506. The molecule has 0 radical (unpaired) electrons. The standard InChI is InChI=1S/C15H30N2O4/c1-12-3-5-14(6-4-12)21-11-13(18)9-16-10-15(19)17-7-8-20-2/h12-14,16,18H,3-11H2,1-2H3,(H,17,19). The zero-order valence-corrected chi connectivity index (χ0v) is 13.3. The van der Waals surface area contributed by atoms with Gasteiger partial charge in [-0.3, -0.25) is 4.79 Å². The normalized spacial score (nSPS) is 23.8. The van der Waals surface area contributed by atoms with Crippen LogP contribution in [0.5, 0.6) is 0 Å². The molecule has 6 heteroatoms. The number of hydrogen-bond donors (Lipinski definition) is 3. The molecule has 6 nitrogen and oxygen atoms in total. The Morgan fingerprint density at radius 1 is 1.33 bits per heavy atom. The Morgan fingerprint density at radius 3 is 2.71 bits per heavy atom. The number of aliphatic hydroxyl groups is 1. The number of carbonyl (C=O) groups excluding carboxylic acids is 1. The van der Waals surface area contributed by atoms with Crippen LogP contribution in [0.1, 0.15) is 32.6 Å². The van der Waals surface area contributed by atoms with Crippen LogP contribution >= 0.6 is 0 Å². The molecule has 3 N–H and O–H groups in total. The highest BCUT2D eigenvalue weighted by atomic mass is 16.5. The Balaban J connectivity index is 1.98. The van der Waals surface area contributed by atoms with Crippen molar-refractivity contribution in [2.75, 3.05) is 40.0 Å². The van der Waals surface area contributed by atoms with Crippen LogP contribution in [-0.4, -0.2) is 63.2 Å². The maximum Gasteiger partial charge on any atom is 0.234 e. The van der Waals surface area contributed by atoms with Gasteiger partial charge in [0.25, 0.3) is 0 Å². The number of amides is 1. The number of hydrogen-bond acceptors (Lipinski definition) is 5. The van der Waals surface area contributed by atoms with Gasteiger partial charge >= 0.3 is 0 Å². The lowest BCUT2D eigenvalue weighted by molar-refractivity contribution is -0.120. The summed E-state index contributed by atoms with van der Waals surface area (Å²) in [7, 11) is 1.59. The van der Waals surface area contributed by atoms with E-state index in [0.29, 0.717) is 26.3 Å². The van der Waals surface area contributed by atoms with Gasteiger partial charge in [0, 0.05) is 20.2 Å². The van der Waals surface area contributed by atoms with Gasteiger partial charge in [0.05, 0.1) is 32.0 Å². The largest absolute Gasteiger partial charge is 0.389 e. The third-order valence-electron chi connectivity index (χ3n) is 3.78. The molecule has 1 atom stereocenters. The Kier molecular flexibility index (Phi) is 9.58. The van der Waals surface area contributed by atoms with Gasteiger partial charge in [-0.15, -0.1) is 0 Å². The van der Waals surface area contributed by atoms with E-state index in [1.54, 1.807) is 7.11 Å². The van der Waals surface area contributed by atoms with Crippen molar-refractivity contribution in [3.8, 4) is 0 Å². The van der Waals surface area contributed by atoms with Gasteiger partial charge < -0.3 is 25.2 Å². The number of ether oxygens (including phenoxy) is 2. The molecule has 124 valence electrons. The third kappa shape index (κ3) is 9.03. The van der Waals surface area contributed by atoms with Gasteiger partial charge in [-0.2, -0.15) is 0 Å². The first-order chi connectivity index (χ1) is 10.1. The van der Waals surface area contributed by atoms with Crippen LogP contribution in [0.25, 0.3) is 0 Å². The van der Waals surface area contributed by atoms with E-state index in [9.17, 15) is 9.90 Å². The molecule has 1 rings (SSSR count). The summed E-state index contributed by atoms with van der Waals surface area (Å²) in [6, 6.07) is 0. The molecular weight excluding hydrogens is 272 g/mol. The van der Waals surface area contributed by atoms with Gasteiger partial charge in [0.1, 0.15) is 0 Å². The van der Waals surface area contributed by atoms with Crippen molar-refractivity contribution in [3.63, 3.8) is 0 Å². The minimum absolute atomic E-state index is 0.0959. The maximum absolute atomic E-state index is 11.4. The first-order valence-electron chi connectivity index (χ1n) is 7.87. The highest BCUT2D eigenvalue weighted by molar-refractivity contribution is 5.77. The highest BCUT2D eigenvalue weighted by Gasteiger charge is 2.19. The van der Waals surface area contributed by atoms with Crippen molar-refractivity contribution in [2.24, 2.45) is 5.92 Å². The number of rotatable bonds is 10. The van der Waals surface area contributed by atoms with E-state index in [1.807, 2.05) is 0 Å². The van der Waals surface area contributed by atoms with Crippen LogP contribution in [0.15, 0.2) is 0 Å². The van der Waals surface area contributed by atoms with Crippen LogP contribution < -0.4 is 10.6 Å². The molecule has 0 bridgehead atoms. The number of aliphatic hydroxyl groups excluding tert-OH is 1. The molecule has 0 aromatic rings. The molecule has 1 aliphatic carbocycles. The molecule has 0 spiro atoms. The van der Waals surface area contributed by atoms with Crippen molar-refractivity contribution >= 4 is 5.91 Å². The lowest BCUT2D eigenvalue weighted by atomic mass is 9.89. The van der Waals surface area contributed by atoms with Crippen LogP contribution in [0.4, 0.5) is 0 Å². The summed E-state index contributed by atoms with van der Waals surface area (Å²) >= 11 is 0. The molecule has 1 unspecified atom stereocenters. The fourth-order valence-corrected chi connectivity index (χ4v) is 2.41. The number of methoxy groups -OCH3 is 1. The molecule has 0 saturated heterocycles. The minimum Gasteiger partial charge on any atom is -0.389 e. The fourth-order valence-electron chi connectivity index (χ4n) is 2.41. The second-order valence-corrected chi connectivity index (χ2v) is 5.84. The van der Waals surface area contributed by atoms with Gasteiger partial charge in [0.2, 0.25) is 5.91 Å². The van der Waals surface area contributed by atoms with Crippen molar-refractivity contribution < 1.29 is 19.4 Å². The average molecular weight is 302 g/mol. The van der Waals surface area contributed by atoms with E-state index in [1.165, 1.54) is 12.8 Å². The highest BCUT2D eigenvalue weighted by Crippen LogP contribution is 2.25. The minimum atomic E-state index is -0.573. The zero-order valence-electron chi connectivity index (χ0n) is 13.3. The molecule has 0 aliphatic heterocycles. The number of carbonyl (C=O) groups is 1. The Bertz CT molecular complexity index is 281. The van der Waals surface area contributed by atoms with E-state index in [4.69, 9.17) is 9.47 Å². The summed E-state index contributed by atoms with van der Waals surface area (Å²) in [5.74, 6) is 0.703. The van der Waals surface area contributed by atoms with E-state index >= 15 is 0 Å². The SMILES string of the molecule is COCCNC(=O)CNCC(O)COC1CCC(C)CC1. The molecule has 0 aromatic heterocycles. The molecule has 21 heavy (non-hydrogen) atoms. The number of nitrogens with one attached hydrogen (secondary N) is 2. The third-order valence-corrected chi connectivity index (χ3v) is 3.78. The fraction of sp³-hybridized carbons (Fsp3) is 0.933. The lowest BCUT2D eigenvalue weighted by Crippen LogP contribution is -2.39. The Labute approximate surface area is 127 Å². The average Bonchev–Trinajstić information content (AvgIpc) is 2.47. The van der Waals surface area contributed by atoms with E-state index in [2.05, 4.69) is 17.6 Å². The van der Waals surface area contributed by atoms with Crippen LogP contribution in [-0.2, 0) is 14.3 Å². The van der Waals surface area contributed by atoms with Crippen molar-refractivity contribution in [2.45, 2.75) is 44.8 Å². The van der Waals surface area contributed by atoms with Gasteiger partial charge in [-0.1, -0.05) is 6.92 Å². The summed E-state index contributed by atoms with van der Waals surface area (Å²) in [6.45, 7) is 4.16. The second kappa shape index (κ2) is 11.0. The summed E-state index contributed by atoms with van der Waals surface area (Å²) in [6.07, 6.45) is 4.30. The van der Waals surface area contributed by atoms with Gasteiger partial charge in [-0.05, 0) is 31.6 Å². The van der Waals surface area contributed by atoms with E-state index in [0.717, 1.165) is 18.8 Å². The Morgan fingerprint density at radius 2 is 2.05 bits per heavy atom. The Hall–Kier alpha value is -0.690. The van der Waals surface area contributed by atoms with E-state index < -0.39 is 6.10 Å². The van der Waals surface area contributed by atoms with Crippen molar-refractivity contribution in [3.05, 3.63) is 0 Å². The van der Waals surface area contributed by atoms with Crippen molar-refractivity contribution in [1.82, 2.24) is 10.6 Å². The lowest BCUT2D eigenvalue weighted by Gasteiger charge is -2.27. The predicted octanol–water partition coefficient (Wildman–Crippen LogP) is 0.295. The topological polar surface area (TPSA) is 79.8 Å². The monoisotopic (exact) mass is 302 g/mol. The summed E-state index contributed by atoms with van der Waals surface area (Å²) < 4.78 is 10.6. The first-order valence-corrected chi connectivity index (χ1v) is 7.87. The van der Waals surface area contributed by atoms with Gasteiger partial charge in [0.15, 0.2) is 0 Å². The summed E-state index contributed by atoms with van der Waals surface area (Å²) in [5.41, 5.74) is 0. The smallest absolute Gasteiger partial charge is 0.234 e. The second-order valence-electron chi connectivity index (χ2n) is 5.84. The zero-order chi connectivity index (χ0) is 15.5. The van der Waals surface area contributed by atoms with Gasteiger partial charge in [-0.25, -0.2) is 0 Å². The molecular formula is C15H30N2O4. The summed E-state index contributed by atoms with van der Waals surface area (Å²) in [5, 5.41) is 15.4. The molecule has 0 heterocycles. The molecule has 1 fully saturated rings. The van der Waals surface area contributed by atoms with Crippen LogP contribution in [0.2, 0.25) is 0 Å². The predicted molar refractivity (Wildman–Crippen MR) is 81.1 cm³/mol.